The average molecular weight is 405 g/mol. The van der Waals surface area contributed by atoms with E-state index < -0.39 is 0 Å². The number of hydrogen-bond donors (Lipinski definition) is 1. The Morgan fingerprint density at radius 2 is 1.78 bits per heavy atom. The highest BCUT2D eigenvalue weighted by Gasteiger charge is 2.21. The van der Waals surface area contributed by atoms with Crippen molar-refractivity contribution >= 4 is 45.5 Å². The van der Waals surface area contributed by atoms with Crippen molar-refractivity contribution in [3.63, 3.8) is 0 Å². The fourth-order valence-corrected chi connectivity index (χ4v) is 3.77. The van der Waals surface area contributed by atoms with Crippen LogP contribution in [0.2, 0.25) is 10.0 Å². The Labute approximate surface area is 166 Å². The maximum atomic E-state index is 6.28. The zero-order valence-corrected chi connectivity index (χ0v) is 16.2. The van der Waals surface area contributed by atoms with Crippen molar-refractivity contribution in [1.82, 2.24) is 15.2 Å². The summed E-state index contributed by atoms with van der Waals surface area (Å²) in [5, 5.41) is 14.0. The highest BCUT2D eigenvalue weighted by Crippen LogP contribution is 2.41. The predicted octanol–water partition coefficient (Wildman–Crippen LogP) is 5.41. The Morgan fingerprint density at radius 3 is 2.48 bits per heavy atom. The van der Waals surface area contributed by atoms with Crippen molar-refractivity contribution in [1.29, 1.82) is 0 Å². The van der Waals surface area contributed by atoms with Gasteiger partial charge in [0.25, 0.3) is 0 Å². The number of ether oxygens (including phenoxy) is 2. The number of hydrogen-bond acceptors (Lipinski definition) is 6. The van der Waals surface area contributed by atoms with Gasteiger partial charge < -0.3 is 14.8 Å². The first-order valence-corrected chi connectivity index (χ1v) is 9.48. The number of halogens is 2. The van der Waals surface area contributed by atoms with Gasteiger partial charge in [-0.2, -0.15) is 5.10 Å². The second-order valence-corrected chi connectivity index (χ2v) is 7.19. The molecule has 27 heavy (non-hydrogen) atoms. The summed E-state index contributed by atoms with van der Waals surface area (Å²) in [5.41, 5.74) is 0.532. The van der Waals surface area contributed by atoms with Crippen LogP contribution in [0.15, 0.2) is 30.7 Å². The highest BCUT2D eigenvalue weighted by molar-refractivity contribution is 6.39. The van der Waals surface area contributed by atoms with Gasteiger partial charge >= 0.3 is 0 Å². The second-order valence-electron chi connectivity index (χ2n) is 6.38. The molecule has 4 rings (SSSR count). The molecule has 140 valence electrons. The Morgan fingerprint density at radius 1 is 1.04 bits per heavy atom. The monoisotopic (exact) mass is 404 g/mol. The van der Waals surface area contributed by atoms with Gasteiger partial charge in [-0.3, -0.25) is 4.98 Å². The van der Waals surface area contributed by atoms with E-state index in [1.165, 1.54) is 25.2 Å². The molecule has 1 N–H and O–H groups in total. The summed E-state index contributed by atoms with van der Waals surface area (Å²) < 4.78 is 11.8. The van der Waals surface area contributed by atoms with E-state index in [0.717, 1.165) is 23.6 Å². The molecule has 1 aliphatic carbocycles. The van der Waals surface area contributed by atoms with Crippen LogP contribution in [0.4, 0.5) is 11.5 Å². The van der Waals surface area contributed by atoms with Crippen molar-refractivity contribution in [3.05, 3.63) is 40.8 Å². The van der Waals surface area contributed by atoms with Crippen molar-refractivity contribution in [3.8, 4) is 11.5 Å². The number of fused-ring (bicyclic) bond motifs is 1. The number of aromatic nitrogens is 3. The van der Waals surface area contributed by atoms with Crippen LogP contribution in [0.3, 0.4) is 0 Å². The van der Waals surface area contributed by atoms with Gasteiger partial charge in [-0.15, -0.1) is 5.10 Å². The molecule has 0 radical (unpaired) electrons. The smallest absolute Gasteiger partial charge is 0.171 e. The fourth-order valence-electron chi connectivity index (χ4n) is 3.31. The molecule has 0 atom stereocenters. The van der Waals surface area contributed by atoms with E-state index in [0.29, 0.717) is 33.0 Å². The topological polar surface area (TPSA) is 69.2 Å². The highest BCUT2D eigenvalue weighted by atomic mass is 35.5. The molecule has 1 aliphatic rings. The Bertz CT molecular complexity index is 957. The SMILES string of the molecule is COc1ccc2c(Nc3c(Cl)cncc3Cl)nncc2c1OC1CCCC1. The second kappa shape index (κ2) is 7.74. The van der Waals surface area contributed by atoms with Gasteiger partial charge in [0.2, 0.25) is 0 Å². The summed E-state index contributed by atoms with van der Waals surface area (Å²) in [6.07, 6.45) is 9.38. The van der Waals surface area contributed by atoms with Crippen LogP contribution in [0, 0.1) is 0 Å². The Kier molecular flexibility index (Phi) is 5.18. The first-order chi connectivity index (χ1) is 13.2. The zero-order valence-electron chi connectivity index (χ0n) is 14.7. The van der Waals surface area contributed by atoms with Crippen LogP contribution >= 0.6 is 23.2 Å². The molecule has 0 aliphatic heterocycles. The van der Waals surface area contributed by atoms with Gasteiger partial charge in [-0.1, -0.05) is 23.2 Å². The summed E-state index contributed by atoms with van der Waals surface area (Å²) in [5.74, 6) is 1.89. The van der Waals surface area contributed by atoms with E-state index in [9.17, 15) is 0 Å². The molecule has 0 unspecified atom stereocenters. The standard InChI is InChI=1S/C19H18Cl2N4O2/c1-26-16-7-6-12-13(18(16)27-11-4-2-3-5-11)8-23-25-19(12)24-17-14(20)9-22-10-15(17)21/h6-11H,2-5H2,1H3,(H,22,24,25). The van der Waals surface area contributed by atoms with E-state index in [-0.39, 0.29) is 6.10 Å². The molecule has 0 spiro atoms. The van der Waals surface area contributed by atoms with Crippen molar-refractivity contribution in [2.75, 3.05) is 12.4 Å². The van der Waals surface area contributed by atoms with Crippen LogP contribution in [-0.4, -0.2) is 28.4 Å². The van der Waals surface area contributed by atoms with Gasteiger partial charge in [0, 0.05) is 17.8 Å². The molecule has 2 aromatic heterocycles. The molecule has 1 fully saturated rings. The molecule has 3 aromatic rings. The van der Waals surface area contributed by atoms with Gasteiger partial charge in [-0.25, -0.2) is 0 Å². The number of methoxy groups -OCH3 is 1. The minimum absolute atomic E-state index is 0.193. The number of pyridine rings is 1. The zero-order chi connectivity index (χ0) is 18.8. The molecular formula is C19H18Cl2N4O2. The van der Waals surface area contributed by atoms with Gasteiger partial charge in [0.15, 0.2) is 17.3 Å². The summed E-state index contributed by atoms with van der Waals surface area (Å²) in [4.78, 5) is 3.97. The van der Waals surface area contributed by atoms with E-state index in [2.05, 4.69) is 20.5 Å². The maximum Gasteiger partial charge on any atom is 0.171 e. The van der Waals surface area contributed by atoms with Crippen molar-refractivity contribution < 1.29 is 9.47 Å². The van der Waals surface area contributed by atoms with Crippen LogP contribution in [-0.2, 0) is 0 Å². The molecule has 0 bridgehead atoms. The Balaban J connectivity index is 1.79. The lowest BCUT2D eigenvalue weighted by Crippen LogP contribution is -2.12. The van der Waals surface area contributed by atoms with E-state index in [1.807, 2.05) is 12.1 Å². The molecule has 8 heteroatoms. The third-order valence-corrected chi connectivity index (χ3v) is 5.24. The Hall–Kier alpha value is -2.31. The molecule has 1 saturated carbocycles. The summed E-state index contributed by atoms with van der Waals surface area (Å²) in [6.45, 7) is 0. The van der Waals surface area contributed by atoms with E-state index >= 15 is 0 Å². The molecule has 6 nitrogen and oxygen atoms in total. The minimum atomic E-state index is 0.193. The number of rotatable bonds is 5. The van der Waals surface area contributed by atoms with Gasteiger partial charge in [0.1, 0.15) is 0 Å². The molecule has 0 saturated heterocycles. The number of benzene rings is 1. The third kappa shape index (κ3) is 3.59. The lowest BCUT2D eigenvalue weighted by Gasteiger charge is -2.18. The van der Waals surface area contributed by atoms with Crippen LogP contribution in [0.5, 0.6) is 11.5 Å². The maximum absolute atomic E-state index is 6.28. The quantitative estimate of drug-likeness (QED) is 0.613. The lowest BCUT2D eigenvalue weighted by molar-refractivity contribution is 0.203. The van der Waals surface area contributed by atoms with Crippen LogP contribution in [0.1, 0.15) is 25.7 Å². The number of nitrogens with one attached hydrogen (secondary N) is 1. The van der Waals surface area contributed by atoms with Crippen molar-refractivity contribution in [2.45, 2.75) is 31.8 Å². The molecule has 1 aromatic carbocycles. The average Bonchev–Trinajstić information content (AvgIpc) is 3.18. The van der Waals surface area contributed by atoms with E-state index in [4.69, 9.17) is 32.7 Å². The molecule has 2 heterocycles. The third-order valence-electron chi connectivity index (χ3n) is 4.66. The number of nitrogens with zero attached hydrogens (tertiary/aromatic N) is 3. The summed E-state index contributed by atoms with van der Waals surface area (Å²) in [6, 6.07) is 3.78. The molecule has 0 amide bonds. The number of anilines is 2. The van der Waals surface area contributed by atoms with Crippen LogP contribution in [0.25, 0.3) is 10.8 Å². The summed E-state index contributed by atoms with van der Waals surface area (Å²) >= 11 is 12.4. The van der Waals surface area contributed by atoms with Gasteiger partial charge in [-0.05, 0) is 37.8 Å². The normalized spacial score (nSPS) is 14.5. The predicted molar refractivity (Wildman–Crippen MR) is 107 cm³/mol. The molecular weight excluding hydrogens is 387 g/mol. The lowest BCUT2D eigenvalue weighted by atomic mass is 10.1. The summed E-state index contributed by atoms with van der Waals surface area (Å²) in [7, 11) is 1.63. The van der Waals surface area contributed by atoms with E-state index in [1.54, 1.807) is 13.3 Å². The van der Waals surface area contributed by atoms with Crippen molar-refractivity contribution in [2.24, 2.45) is 0 Å². The minimum Gasteiger partial charge on any atom is -0.493 e. The fraction of sp³-hybridized carbons (Fsp3) is 0.316. The van der Waals surface area contributed by atoms with Crippen LogP contribution < -0.4 is 14.8 Å². The first kappa shape index (κ1) is 18.1. The first-order valence-electron chi connectivity index (χ1n) is 8.72. The largest absolute Gasteiger partial charge is 0.493 e. The van der Waals surface area contributed by atoms with Gasteiger partial charge in [0.05, 0.1) is 40.5 Å².